The van der Waals surface area contributed by atoms with Crippen LogP contribution in [-0.2, 0) is 9.53 Å². The Hall–Kier alpha value is -2.68. The number of aromatic hydroxyl groups is 1. The molecule has 0 saturated heterocycles. The van der Waals surface area contributed by atoms with Crippen LogP contribution in [0.4, 0.5) is 0 Å². The Kier molecular flexibility index (Phi) is 6.37. The van der Waals surface area contributed by atoms with Gasteiger partial charge in [0.15, 0.2) is 4.80 Å². The number of carbonyl (C=O) groups excluding carboxylic acids is 1. The molecule has 1 atom stereocenters. The number of carbonyl (C=O) groups is 1. The van der Waals surface area contributed by atoms with Crippen LogP contribution >= 0.6 is 38.9 Å². The molecule has 1 unspecified atom stereocenters. The van der Waals surface area contributed by atoms with Gasteiger partial charge < -0.3 is 9.84 Å². The number of rotatable bonds is 4. The number of hydrogen-bond donors (Lipinski definition) is 1. The highest BCUT2D eigenvalue weighted by atomic mass is 79.9. The minimum Gasteiger partial charge on any atom is -0.507 e. The SMILES string of the molecule is CCOC(=O)C1=C(C)N=c2sc(=Cc3ccc(O)c(Br)c3)c(=O)n2C1c1ccc(Cl)cc1. The minimum absolute atomic E-state index is 0.112. The Bertz CT molecular complexity index is 1420. The van der Waals surface area contributed by atoms with Gasteiger partial charge >= 0.3 is 5.97 Å². The van der Waals surface area contributed by atoms with E-state index in [-0.39, 0.29) is 17.9 Å². The number of thiazole rings is 1. The van der Waals surface area contributed by atoms with E-state index >= 15 is 0 Å². The summed E-state index contributed by atoms with van der Waals surface area (Å²) in [7, 11) is 0. The van der Waals surface area contributed by atoms with Gasteiger partial charge in [0.25, 0.3) is 5.56 Å². The molecule has 4 rings (SSSR count). The molecule has 0 amide bonds. The maximum atomic E-state index is 13.5. The van der Waals surface area contributed by atoms with Crippen molar-refractivity contribution in [3.63, 3.8) is 0 Å². The average Bonchev–Trinajstić information content (AvgIpc) is 3.05. The summed E-state index contributed by atoms with van der Waals surface area (Å²) in [5, 5.41) is 10.3. The van der Waals surface area contributed by atoms with Gasteiger partial charge in [-0.25, -0.2) is 9.79 Å². The quantitative estimate of drug-likeness (QED) is 0.516. The van der Waals surface area contributed by atoms with Crippen molar-refractivity contribution in [2.75, 3.05) is 6.61 Å². The van der Waals surface area contributed by atoms with Crippen LogP contribution in [-0.4, -0.2) is 22.2 Å². The molecule has 9 heteroatoms. The number of hydrogen-bond acceptors (Lipinski definition) is 6. The van der Waals surface area contributed by atoms with Gasteiger partial charge in [0.1, 0.15) is 5.75 Å². The fourth-order valence-corrected chi connectivity index (χ4v) is 5.09. The number of phenols is 1. The van der Waals surface area contributed by atoms with Crippen LogP contribution in [0.1, 0.15) is 31.0 Å². The summed E-state index contributed by atoms with van der Waals surface area (Å²) in [6.45, 7) is 3.68. The zero-order valence-electron chi connectivity index (χ0n) is 17.1. The highest BCUT2D eigenvalue weighted by Crippen LogP contribution is 2.31. The van der Waals surface area contributed by atoms with Crippen molar-refractivity contribution in [3.05, 3.63) is 94.0 Å². The molecule has 1 aliphatic heterocycles. The standard InChI is InChI=1S/C23H18BrClN2O4S/c1-3-31-22(30)19-12(2)26-23-27(20(19)14-5-7-15(25)8-6-14)21(29)18(32-23)11-13-4-9-17(28)16(24)10-13/h4-11,20,28H,3H2,1-2H3. The Balaban J connectivity index is 1.95. The van der Waals surface area contributed by atoms with E-state index in [1.807, 2.05) is 0 Å². The molecule has 6 nitrogen and oxygen atoms in total. The van der Waals surface area contributed by atoms with Crippen LogP contribution in [0.2, 0.25) is 5.02 Å². The second kappa shape index (κ2) is 9.05. The molecular formula is C23H18BrClN2O4S. The van der Waals surface area contributed by atoms with Crippen LogP contribution in [0, 0.1) is 0 Å². The van der Waals surface area contributed by atoms with Gasteiger partial charge in [0.05, 0.1) is 32.9 Å². The number of nitrogens with zero attached hydrogens (tertiary/aromatic N) is 2. The fourth-order valence-electron chi connectivity index (χ4n) is 3.52. The lowest BCUT2D eigenvalue weighted by atomic mass is 9.96. The third-order valence-electron chi connectivity index (χ3n) is 4.97. The Labute approximate surface area is 200 Å². The second-order valence-corrected chi connectivity index (χ2v) is 9.36. The lowest BCUT2D eigenvalue weighted by Crippen LogP contribution is -2.39. The number of fused-ring (bicyclic) bond motifs is 1. The van der Waals surface area contributed by atoms with Crippen LogP contribution in [0.15, 0.2) is 68.0 Å². The zero-order chi connectivity index (χ0) is 23.0. The highest BCUT2D eigenvalue weighted by Gasteiger charge is 2.33. The van der Waals surface area contributed by atoms with Crippen molar-refractivity contribution in [2.45, 2.75) is 19.9 Å². The predicted molar refractivity (Wildman–Crippen MR) is 128 cm³/mol. The maximum Gasteiger partial charge on any atom is 0.338 e. The fraction of sp³-hybridized carbons (Fsp3) is 0.174. The summed E-state index contributed by atoms with van der Waals surface area (Å²) < 4.78 is 7.78. The Morgan fingerprint density at radius 3 is 2.69 bits per heavy atom. The first-order chi connectivity index (χ1) is 15.3. The molecule has 3 aromatic rings. The van der Waals surface area contributed by atoms with E-state index in [1.54, 1.807) is 62.4 Å². The van der Waals surface area contributed by atoms with Gasteiger partial charge in [0.2, 0.25) is 0 Å². The second-order valence-electron chi connectivity index (χ2n) is 7.06. The molecule has 32 heavy (non-hydrogen) atoms. The monoisotopic (exact) mass is 532 g/mol. The Morgan fingerprint density at radius 1 is 1.31 bits per heavy atom. The Morgan fingerprint density at radius 2 is 2.03 bits per heavy atom. The van der Waals surface area contributed by atoms with Gasteiger partial charge in [-0.1, -0.05) is 41.1 Å². The topological polar surface area (TPSA) is 80.9 Å². The van der Waals surface area contributed by atoms with E-state index in [0.717, 1.165) is 11.1 Å². The first-order valence-electron chi connectivity index (χ1n) is 9.73. The molecular weight excluding hydrogens is 516 g/mol. The highest BCUT2D eigenvalue weighted by molar-refractivity contribution is 9.10. The number of phenolic OH excluding ortho intramolecular Hbond substituents is 1. The minimum atomic E-state index is -0.684. The van der Waals surface area contributed by atoms with Crippen molar-refractivity contribution < 1.29 is 14.6 Å². The molecule has 1 N–H and O–H groups in total. The molecule has 0 fully saturated rings. The largest absolute Gasteiger partial charge is 0.507 e. The van der Waals surface area contributed by atoms with E-state index in [1.165, 1.54) is 15.9 Å². The average molecular weight is 534 g/mol. The third-order valence-corrected chi connectivity index (χ3v) is 6.84. The summed E-state index contributed by atoms with van der Waals surface area (Å²) >= 11 is 10.6. The molecule has 0 radical (unpaired) electrons. The summed E-state index contributed by atoms with van der Waals surface area (Å²) in [6.07, 6.45) is 1.73. The van der Waals surface area contributed by atoms with Gasteiger partial charge in [0, 0.05) is 5.02 Å². The van der Waals surface area contributed by atoms with Crippen molar-refractivity contribution in [1.29, 1.82) is 0 Å². The van der Waals surface area contributed by atoms with Gasteiger partial charge in [-0.3, -0.25) is 9.36 Å². The molecule has 0 spiro atoms. The van der Waals surface area contributed by atoms with E-state index in [4.69, 9.17) is 16.3 Å². The van der Waals surface area contributed by atoms with Gasteiger partial charge in [-0.2, -0.15) is 0 Å². The number of allylic oxidation sites excluding steroid dienone is 1. The van der Waals surface area contributed by atoms with Gasteiger partial charge in [-0.15, -0.1) is 0 Å². The zero-order valence-corrected chi connectivity index (χ0v) is 20.3. The van der Waals surface area contributed by atoms with E-state index < -0.39 is 12.0 Å². The molecule has 0 bridgehead atoms. The molecule has 0 saturated carbocycles. The van der Waals surface area contributed by atoms with Crippen molar-refractivity contribution in [1.82, 2.24) is 4.57 Å². The van der Waals surface area contributed by atoms with E-state index in [9.17, 15) is 14.7 Å². The third kappa shape index (κ3) is 4.18. The van der Waals surface area contributed by atoms with Crippen molar-refractivity contribution in [3.8, 4) is 5.75 Å². The molecule has 1 aromatic heterocycles. The summed E-state index contributed by atoms with van der Waals surface area (Å²) in [5.41, 5.74) is 2.02. The number of ether oxygens (including phenoxy) is 1. The molecule has 0 aliphatic carbocycles. The number of benzene rings is 2. The van der Waals surface area contributed by atoms with Crippen LogP contribution in [0.25, 0.3) is 6.08 Å². The first-order valence-corrected chi connectivity index (χ1v) is 11.7. The van der Waals surface area contributed by atoms with Gasteiger partial charge in [-0.05, 0) is 71.2 Å². The van der Waals surface area contributed by atoms with Crippen molar-refractivity contribution >= 4 is 50.9 Å². The molecule has 2 aromatic carbocycles. The lowest BCUT2D eigenvalue weighted by Gasteiger charge is -2.24. The number of halogens is 2. The van der Waals surface area contributed by atoms with Crippen LogP contribution in [0.5, 0.6) is 5.75 Å². The summed E-state index contributed by atoms with van der Waals surface area (Å²) in [4.78, 5) is 31.3. The number of esters is 1. The lowest BCUT2D eigenvalue weighted by molar-refractivity contribution is -0.139. The predicted octanol–water partition coefficient (Wildman–Crippen LogP) is 3.92. The smallest absolute Gasteiger partial charge is 0.338 e. The normalized spacial score (nSPS) is 16.0. The van der Waals surface area contributed by atoms with Crippen LogP contribution < -0.4 is 14.9 Å². The summed E-state index contributed by atoms with van der Waals surface area (Å²) in [5.74, 6) is -0.397. The first kappa shape index (κ1) is 22.5. The maximum absolute atomic E-state index is 13.5. The number of aromatic nitrogens is 1. The molecule has 2 heterocycles. The van der Waals surface area contributed by atoms with Crippen LogP contribution in [0.3, 0.4) is 0 Å². The molecule has 164 valence electrons. The summed E-state index contributed by atoms with van der Waals surface area (Å²) in [6, 6.07) is 11.3. The van der Waals surface area contributed by atoms with E-state index in [2.05, 4.69) is 20.9 Å². The van der Waals surface area contributed by atoms with Crippen molar-refractivity contribution in [2.24, 2.45) is 4.99 Å². The van der Waals surface area contributed by atoms with E-state index in [0.29, 0.717) is 30.1 Å². The molecule has 1 aliphatic rings.